The Kier molecular flexibility index (Phi) is 2.89. The Balaban J connectivity index is 3.25. The molecule has 0 aliphatic rings. The third-order valence-electron chi connectivity index (χ3n) is 1.94. The lowest BCUT2D eigenvalue weighted by molar-refractivity contribution is 0.540. The third kappa shape index (κ3) is 1.98. The summed E-state index contributed by atoms with van der Waals surface area (Å²) in [6.07, 6.45) is 0. The summed E-state index contributed by atoms with van der Waals surface area (Å²) in [4.78, 5) is 0. The van der Waals surface area contributed by atoms with Crippen molar-refractivity contribution in [1.29, 1.82) is 0 Å². The molecule has 0 amide bonds. The van der Waals surface area contributed by atoms with Crippen LogP contribution in [0.5, 0.6) is 0 Å². The first-order valence-corrected chi connectivity index (χ1v) is 5.48. The minimum Gasteiger partial charge on any atom is -0.383 e. The number of aryl methyl sites for hydroxylation is 1. The molecule has 0 saturated heterocycles. The van der Waals surface area contributed by atoms with Gasteiger partial charge in [-0.15, -0.1) is 0 Å². The summed E-state index contributed by atoms with van der Waals surface area (Å²) in [5, 5.41) is 4.48. The Morgan fingerprint density at radius 3 is 2.23 bits per heavy atom. The van der Waals surface area contributed by atoms with Crippen LogP contribution in [0, 0.1) is 3.57 Å². The van der Waals surface area contributed by atoms with Crippen LogP contribution in [0.25, 0.3) is 0 Å². The van der Waals surface area contributed by atoms with E-state index in [0.29, 0.717) is 0 Å². The van der Waals surface area contributed by atoms with Gasteiger partial charge in [-0.3, -0.25) is 0 Å². The summed E-state index contributed by atoms with van der Waals surface area (Å²) in [6.45, 7) is 9.33. The molecule has 0 radical (unpaired) electrons. The van der Waals surface area contributed by atoms with Crippen molar-refractivity contribution < 1.29 is 0 Å². The molecule has 0 fully saturated rings. The van der Waals surface area contributed by atoms with Crippen molar-refractivity contribution in [2.75, 3.05) is 5.73 Å². The van der Waals surface area contributed by atoms with Gasteiger partial charge in [0.05, 0.1) is 9.26 Å². The first-order chi connectivity index (χ1) is 5.88. The van der Waals surface area contributed by atoms with Gasteiger partial charge in [-0.05, 0) is 29.5 Å². The van der Waals surface area contributed by atoms with E-state index in [0.717, 1.165) is 21.6 Å². The van der Waals surface area contributed by atoms with Gasteiger partial charge in [-0.25, -0.2) is 4.68 Å². The molecule has 1 aromatic heterocycles. The number of hydrogen-bond acceptors (Lipinski definition) is 2. The number of halogens is 1. The summed E-state index contributed by atoms with van der Waals surface area (Å²) in [5.41, 5.74) is 7.07. The predicted molar refractivity (Wildman–Crippen MR) is 63.7 cm³/mol. The minimum absolute atomic E-state index is 0.0745. The Morgan fingerprint density at radius 2 is 2.00 bits per heavy atom. The van der Waals surface area contributed by atoms with E-state index in [1.54, 1.807) is 0 Å². The average molecular weight is 293 g/mol. The quantitative estimate of drug-likeness (QED) is 0.808. The highest BCUT2D eigenvalue weighted by atomic mass is 127. The average Bonchev–Trinajstić information content (AvgIpc) is 2.28. The maximum absolute atomic E-state index is 5.90. The van der Waals surface area contributed by atoms with Gasteiger partial charge in [0, 0.05) is 12.0 Å². The van der Waals surface area contributed by atoms with Gasteiger partial charge in [0.25, 0.3) is 0 Å². The van der Waals surface area contributed by atoms with Gasteiger partial charge < -0.3 is 5.73 Å². The van der Waals surface area contributed by atoms with Crippen LogP contribution in [0.15, 0.2) is 0 Å². The van der Waals surface area contributed by atoms with Crippen LogP contribution < -0.4 is 5.73 Å². The second-order valence-electron chi connectivity index (χ2n) is 4.11. The van der Waals surface area contributed by atoms with Crippen molar-refractivity contribution in [3.63, 3.8) is 0 Å². The largest absolute Gasteiger partial charge is 0.383 e. The predicted octanol–water partition coefficient (Wildman–Crippen LogP) is 2.39. The first-order valence-electron chi connectivity index (χ1n) is 4.40. The lowest BCUT2D eigenvalue weighted by Crippen LogP contribution is -2.14. The van der Waals surface area contributed by atoms with Crippen LogP contribution >= 0.6 is 22.6 Å². The molecule has 0 aromatic carbocycles. The summed E-state index contributed by atoms with van der Waals surface area (Å²) in [7, 11) is 0. The van der Waals surface area contributed by atoms with Crippen LogP contribution in [-0.4, -0.2) is 9.78 Å². The molecule has 0 aliphatic heterocycles. The summed E-state index contributed by atoms with van der Waals surface area (Å²) < 4.78 is 2.94. The maximum Gasteiger partial charge on any atom is 0.135 e. The van der Waals surface area contributed by atoms with Crippen molar-refractivity contribution in [1.82, 2.24) is 9.78 Å². The molecule has 0 unspecified atom stereocenters. The summed E-state index contributed by atoms with van der Waals surface area (Å²) in [6, 6.07) is 0. The number of hydrogen-bond donors (Lipinski definition) is 1. The topological polar surface area (TPSA) is 43.8 Å². The molecule has 1 heterocycles. The zero-order valence-electron chi connectivity index (χ0n) is 8.56. The molecule has 4 heteroatoms. The Bertz CT molecular complexity index is 309. The Labute approximate surface area is 92.8 Å². The molecular formula is C9H16IN3. The first kappa shape index (κ1) is 10.8. The lowest BCUT2D eigenvalue weighted by atomic mass is 9.92. The standard InChI is InChI=1S/C9H16IN3/c1-5-13-8(11)6(10)7(12-13)9(2,3)4/h5,11H2,1-4H3. The van der Waals surface area contributed by atoms with Crippen LogP contribution in [-0.2, 0) is 12.0 Å². The molecule has 0 spiro atoms. The van der Waals surface area contributed by atoms with E-state index in [2.05, 4.69) is 48.5 Å². The van der Waals surface area contributed by atoms with Crippen molar-refractivity contribution >= 4 is 28.4 Å². The van der Waals surface area contributed by atoms with Gasteiger partial charge >= 0.3 is 0 Å². The zero-order chi connectivity index (χ0) is 10.2. The third-order valence-corrected chi connectivity index (χ3v) is 3.01. The fourth-order valence-electron chi connectivity index (χ4n) is 1.17. The molecule has 0 atom stereocenters. The zero-order valence-corrected chi connectivity index (χ0v) is 10.7. The van der Waals surface area contributed by atoms with Crippen molar-refractivity contribution in [2.45, 2.75) is 39.7 Å². The SMILES string of the molecule is CCn1nc(C(C)(C)C)c(I)c1N. The van der Waals surface area contributed by atoms with Crippen LogP contribution in [0.1, 0.15) is 33.4 Å². The van der Waals surface area contributed by atoms with E-state index in [4.69, 9.17) is 5.73 Å². The molecule has 1 aromatic rings. The summed E-state index contributed by atoms with van der Waals surface area (Å²) in [5.74, 6) is 0.785. The molecule has 13 heavy (non-hydrogen) atoms. The van der Waals surface area contributed by atoms with E-state index in [1.807, 2.05) is 11.6 Å². The maximum atomic E-state index is 5.90. The van der Waals surface area contributed by atoms with Crippen LogP contribution in [0.4, 0.5) is 5.82 Å². The fraction of sp³-hybridized carbons (Fsp3) is 0.667. The highest BCUT2D eigenvalue weighted by Gasteiger charge is 2.23. The number of nitrogen functional groups attached to an aromatic ring is 1. The Morgan fingerprint density at radius 1 is 1.46 bits per heavy atom. The van der Waals surface area contributed by atoms with Crippen molar-refractivity contribution in [2.24, 2.45) is 0 Å². The molecule has 0 saturated carbocycles. The summed E-state index contributed by atoms with van der Waals surface area (Å²) >= 11 is 2.27. The van der Waals surface area contributed by atoms with E-state index >= 15 is 0 Å². The second-order valence-corrected chi connectivity index (χ2v) is 5.19. The fourth-order valence-corrected chi connectivity index (χ4v) is 2.37. The number of rotatable bonds is 1. The highest BCUT2D eigenvalue weighted by molar-refractivity contribution is 14.1. The molecule has 0 aliphatic carbocycles. The van der Waals surface area contributed by atoms with E-state index in [-0.39, 0.29) is 5.41 Å². The highest BCUT2D eigenvalue weighted by Crippen LogP contribution is 2.29. The normalized spacial score (nSPS) is 12.1. The van der Waals surface area contributed by atoms with Crippen molar-refractivity contribution in [3.05, 3.63) is 9.26 Å². The molecule has 3 nitrogen and oxygen atoms in total. The minimum atomic E-state index is 0.0745. The van der Waals surface area contributed by atoms with Gasteiger partial charge in [0.15, 0.2) is 0 Å². The molecular weight excluding hydrogens is 277 g/mol. The van der Waals surface area contributed by atoms with Gasteiger partial charge in [-0.1, -0.05) is 20.8 Å². The van der Waals surface area contributed by atoms with E-state index < -0.39 is 0 Å². The monoisotopic (exact) mass is 293 g/mol. The van der Waals surface area contributed by atoms with Crippen LogP contribution in [0.3, 0.4) is 0 Å². The van der Waals surface area contributed by atoms with Gasteiger partial charge in [0.1, 0.15) is 5.82 Å². The molecule has 74 valence electrons. The Hall–Kier alpha value is -0.260. The van der Waals surface area contributed by atoms with Crippen LogP contribution in [0.2, 0.25) is 0 Å². The van der Waals surface area contributed by atoms with E-state index in [1.165, 1.54) is 0 Å². The molecule has 0 bridgehead atoms. The lowest BCUT2D eigenvalue weighted by Gasteiger charge is -2.15. The molecule has 2 N–H and O–H groups in total. The smallest absolute Gasteiger partial charge is 0.135 e. The second kappa shape index (κ2) is 3.48. The van der Waals surface area contributed by atoms with Gasteiger partial charge in [0.2, 0.25) is 0 Å². The van der Waals surface area contributed by atoms with Crippen molar-refractivity contribution in [3.8, 4) is 0 Å². The molecule has 1 rings (SSSR count). The number of nitrogens with zero attached hydrogens (tertiary/aromatic N) is 2. The number of nitrogens with two attached hydrogens (primary N) is 1. The number of anilines is 1. The number of aromatic nitrogens is 2. The van der Waals surface area contributed by atoms with Gasteiger partial charge in [-0.2, -0.15) is 5.10 Å². The van der Waals surface area contributed by atoms with E-state index in [9.17, 15) is 0 Å².